The SMILES string of the molecule is Cc1nc(N)c2c(F)c(F)c(NC3CCCO3)c(F)c2n1. The Morgan fingerprint density at radius 1 is 1.19 bits per heavy atom. The molecule has 1 saturated heterocycles. The standard InChI is InChI=1S/C13H13F3N4O/c1-5-18-11-7(13(17)19-5)8(14)9(15)12(10(11)16)20-6-3-2-4-21-6/h6,20H,2-4H2,1H3,(H2,17,18,19). The maximum absolute atomic E-state index is 14.5. The maximum Gasteiger partial charge on any atom is 0.185 e. The van der Waals surface area contributed by atoms with Crippen molar-refractivity contribution >= 4 is 22.4 Å². The number of nitrogens with two attached hydrogens (primary N) is 1. The lowest BCUT2D eigenvalue weighted by atomic mass is 10.1. The minimum atomic E-state index is -1.35. The summed E-state index contributed by atoms with van der Waals surface area (Å²) in [6.07, 6.45) is 0.806. The second-order valence-electron chi connectivity index (χ2n) is 4.84. The van der Waals surface area contributed by atoms with Gasteiger partial charge in [-0.15, -0.1) is 0 Å². The number of hydrogen-bond acceptors (Lipinski definition) is 5. The van der Waals surface area contributed by atoms with E-state index < -0.39 is 34.8 Å². The Morgan fingerprint density at radius 2 is 1.95 bits per heavy atom. The van der Waals surface area contributed by atoms with Crippen LogP contribution in [0.1, 0.15) is 18.7 Å². The van der Waals surface area contributed by atoms with Gasteiger partial charge in [-0.2, -0.15) is 0 Å². The van der Waals surface area contributed by atoms with E-state index in [1.807, 2.05) is 0 Å². The molecule has 2 heterocycles. The summed E-state index contributed by atoms with van der Waals surface area (Å²) < 4.78 is 47.9. The molecule has 21 heavy (non-hydrogen) atoms. The Morgan fingerprint density at radius 3 is 2.62 bits per heavy atom. The predicted molar refractivity (Wildman–Crippen MR) is 71.2 cm³/mol. The number of aryl methyl sites for hydroxylation is 1. The molecule has 0 spiro atoms. The van der Waals surface area contributed by atoms with Gasteiger partial charge in [0.25, 0.3) is 0 Å². The minimum Gasteiger partial charge on any atom is -0.383 e. The molecule has 1 aliphatic heterocycles. The maximum atomic E-state index is 14.5. The van der Waals surface area contributed by atoms with Crippen LogP contribution < -0.4 is 11.1 Å². The number of hydrogen-bond donors (Lipinski definition) is 2. The van der Waals surface area contributed by atoms with Gasteiger partial charge in [0.15, 0.2) is 17.5 Å². The van der Waals surface area contributed by atoms with Gasteiger partial charge in [-0.05, 0) is 19.8 Å². The Labute approximate surface area is 118 Å². The molecule has 3 rings (SSSR count). The van der Waals surface area contributed by atoms with E-state index in [1.54, 1.807) is 0 Å². The molecule has 0 radical (unpaired) electrons. The van der Waals surface area contributed by atoms with Crippen LogP contribution in [0, 0.1) is 24.4 Å². The molecule has 1 aromatic heterocycles. The van der Waals surface area contributed by atoms with Crippen LogP contribution in [0.25, 0.3) is 10.9 Å². The van der Waals surface area contributed by atoms with E-state index in [4.69, 9.17) is 10.5 Å². The molecule has 0 saturated carbocycles. The van der Waals surface area contributed by atoms with Gasteiger partial charge >= 0.3 is 0 Å². The van der Waals surface area contributed by atoms with E-state index >= 15 is 0 Å². The van der Waals surface area contributed by atoms with Crippen molar-refractivity contribution in [1.29, 1.82) is 0 Å². The van der Waals surface area contributed by atoms with Gasteiger partial charge in [-0.1, -0.05) is 0 Å². The highest BCUT2D eigenvalue weighted by Gasteiger charge is 2.26. The van der Waals surface area contributed by atoms with E-state index in [2.05, 4.69) is 15.3 Å². The summed E-state index contributed by atoms with van der Waals surface area (Å²) in [5.41, 5.74) is 4.60. The van der Waals surface area contributed by atoms with Crippen molar-refractivity contribution in [3.63, 3.8) is 0 Å². The summed E-state index contributed by atoms with van der Waals surface area (Å²) in [5, 5.41) is 2.09. The predicted octanol–water partition coefficient (Wildman–Crippen LogP) is 2.49. The highest BCUT2D eigenvalue weighted by atomic mass is 19.2. The topological polar surface area (TPSA) is 73.1 Å². The van der Waals surface area contributed by atoms with Gasteiger partial charge in [-0.3, -0.25) is 0 Å². The highest BCUT2D eigenvalue weighted by molar-refractivity contribution is 5.91. The summed E-state index contributed by atoms with van der Waals surface area (Å²) in [7, 11) is 0. The summed E-state index contributed by atoms with van der Waals surface area (Å²) in [4.78, 5) is 7.55. The van der Waals surface area contributed by atoms with Crippen LogP contribution in [0.4, 0.5) is 24.7 Å². The molecular formula is C13H13F3N4O. The van der Waals surface area contributed by atoms with Crippen LogP contribution >= 0.6 is 0 Å². The third-order valence-corrected chi connectivity index (χ3v) is 3.34. The first-order chi connectivity index (χ1) is 9.99. The van der Waals surface area contributed by atoms with Crippen molar-refractivity contribution in [3.05, 3.63) is 23.3 Å². The zero-order valence-corrected chi connectivity index (χ0v) is 11.2. The van der Waals surface area contributed by atoms with Crippen molar-refractivity contribution in [2.24, 2.45) is 0 Å². The Hall–Kier alpha value is -2.09. The average molecular weight is 298 g/mol. The molecule has 112 valence electrons. The lowest BCUT2D eigenvalue weighted by Crippen LogP contribution is -2.20. The number of nitrogens with zero attached hydrogens (tertiary/aromatic N) is 2. The molecule has 1 aliphatic rings. The first kappa shape index (κ1) is 13.9. The number of halogens is 3. The van der Waals surface area contributed by atoms with Gasteiger partial charge < -0.3 is 15.8 Å². The van der Waals surface area contributed by atoms with Gasteiger partial charge in [0.2, 0.25) is 0 Å². The van der Waals surface area contributed by atoms with Crippen molar-refractivity contribution < 1.29 is 17.9 Å². The smallest absolute Gasteiger partial charge is 0.185 e. The monoisotopic (exact) mass is 298 g/mol. The third-order valence-electron chi connectivity index (χ3n) is 3.34. The fourth-order valence-electron chi connectivity index (χ4n) is 2.38. The first-order valence-corrected chi connectivity index (χ1v) is 6.47. The van der Waals surface area contributed by atoms with E-state index in [-0.39, 0.29) is 17.2 Å². The van der Waals surface area contributed by atoms with Crippen LogP contribution in [0.5, 0.6) is 0 Å². The van der Waals surface area contributed by atoms with E-state index in [1.165, 1.54) is 6.92 Å². The van der Waals surface area contributed by atoms with Crippen LogP contribution in [-0.4, -0.2) is 22.8 Å². The molecule has 1 aromatic carbocycles. The lowest BCUT2D eigenvalue weighted by Gasteiger charge is -2.16. The molecule has 3 N–H and O–H groups in total. The van der Waals surface area contributed by atoms with Crippen molar-refractivity contribution in [3.8, 4) is 0 Å². The molecule has 0 amide bonds. The number of nitrogen functional groups attached to an aromatic ring is 1. The number of nitrogens with one attached hydrogen (secondary N) is 1. The van der Waals surface area contributed by atoms with Crippen molar-refractivity contribution in [2.75, 3.05) is 17.7 Å². The summed E-state index contributed by atoms with van der Waals surface area (Å²) in [6, 6.07) is 0. The number of benzene rings is 1. The second kappa shape index (κ2) is 5.03. The molecule has 0 bridgehead atoms. The number of fused-ring (bicyclic) bond motifs is 1. The van der Waals surface area contributed by atoms with Crippen LogP contribution in [0.15, 0.2) is 0 Å². The number of anilines is 2. The van der Waals surface area contributed by atoms with Gasteiger partial charge in [-0.25, -0.2) is 23.1 Å². The fraction of sp³-hybridized carbons (Fsp3) is 0.385. The largest absolute Gasteiger partial charge is 0.383 e. The second-order valence-corrected chi connectivity index (χ2v) is 4.84. The third kappa shape index (κ3) is 2.25. The fourth-order valence-corrected chi connectivity index (χ4v) is 2.38. The minimum absolute atomic E-state index is 0.174. The molecule has 8 heteroatoms. The Bertz CT molecular complexity index is 717. The molecular weight excluding hydrogens is 285 g/mol. The van der Waals surface area contributed by atoms with Crippen LogP contribution in [0.3, 0.4) is 0 Å². The van der Waals surface area contributed by atoms with Crippen molar-refractivity contribution in [2.45, 2.75) is 26.0 Å². The molecule has 1 unspecified atom stereocenters. The molecule has 0 aliphatic carbocycles. The van der Waals surface area contributed by atoms with Crippen molar-refractivity contribution in [1.82, 2.24) is 9.97 Å². The average Bonchev–Trinajstić information content (AvgIpc) is 2.93. The number of aromatic nitrogens is 2. The van der Waals surface area contributed by atoms with Gasteiger partial charge in [0.1, 0.15) is 29.1 Å². The zero-order chi connectivity index (χ0) is 15.1. The van der Waals surface area contributed by atoms with E-state index in [0.717, 1.165) is 6.42 Å². The lowest BCUT2D eigenvalue weighted by molar-refractivity contribution is 0.131. The molecule has 5 nitrogen and oxygen atoms in total. The highest BCUT2D eigenvalue weighted by Crippen LogP contribution is 2.33. The van der Waals surface area contributed by atoms with Crippen LogP contribution in [0.2, 0.25) is 0 Å². The van der Waals surface area contributed by atoms with Gasteiger partial charge in [0.05, 0.1) is 5.39 Å². The zero-order valence-electron chi connectivity index (χ0n) is 11.2. The molecule has 2 aromatic rings. The number of ether oxygens (including phenoxy) is 1. The molecule has 1 atom stereocenters. The van der Waals surface area contributed by atoms with Gasteiger partial charge in [0, 0.05) is 6.61 Å². The van der Waals surface area contributed by atoms with Crippen LogP contribution in [-0.2, 0) is 4.74 Å². The first-order valence-electron chi connectivity index (χ1n) is 6.47. The Kier molecular flexibility index (Phi) is 3.32. The summed E-state index contributed by atoms with van der Waals surface area (Å²) >= 11 is 0. The molecule has 1 fully saturated rings. The normalized spacial score (nSPS) is 18.4. The van der Waals surface area contributed by atoms with E-state index in [9.17, 15) is 13.2 Å². The van der Waals surface area contributed by atoms with E-state index in [0.29, 0.717) is 13.0 Å². The quantitative estimate of drug-likeness (QED) is 0.833. The summed E-state index contributed by atoms with van der Waals surface area (Å²) in [6.45, 7) is 1.98. The Balaban J connectivity index is 2.20. The summed E-state index contributed by atoms with van der Waals surface area (Å²) in [5.74, 6) is -3.75. The number of rotatable bonds is 2.